The monoisotopic (exact) mass is 291 g/mol. The van der Waals surface area contributed by atoms with E-state index in [-0.39, 0.29) is 24.5 Å². The van der Waals surface area contributed by atoms with Crippen LogP contribution < -0.4 is 4.74 Å². The van der Waals surface area contributed by atoms with Crippen LogP contribution in [0, 0.1) is 12.8 Å². The number of aliphatic hydroxyl groups excluding tert-OH is 1. The van der Waals surface area contributed by atoms with E-state index in [9.17, 15) is 9.90 Å². The smallest absolute Gasteiger partial charge is 0.227 e. The molecule has 1 N–H and O–H groups in total. The Balaban J connectivity index is 2.06. The van der Waals surface area contributed by atoms with Gasteiger partial charge in [-0.15, -0.1) is 0 Å². The Labute approximate surface area is 126 Å². The van der Waals surface area contributed by atoms with Gasteiger partial charge in [-0.2, -0.15) is 0 Å². The van der Waals surface area contributed by atoms with Gasteiger partial charge in [0.1, 0.15) is 5.75 Å². The summed E-state index contributed by atoms with van der Waals surface area (Å²) in [7, 11) is 1.65. The first-order valence-electron chi connectivity index (χ1n) is 7.59. The van der Waals surface area contributed by atoms with Crippen LogP contribution in [0.15, 0.2) is 18.2 Å². The highest BCUT2D eigenvalue weighted by Gasteiger charge is 2.28. The molecule has 1 aromatic carbocycles. The number of hydrogen-bond donors (Lipinski definition) is 1. The number of amides is 1. The molecule has 0 bridgehead atoms. The molecule has 1 saturated heterocycles. The van der Waals surface area contributed by atoms with Crippen LogP contribution in [0.25, 0.3) is 0 Å². The molecule has 1 heterocycles. The molecular formula is C17H25NO3. The van der Waals surface area contributed by atoms with E-state index >= 15 is 0 Å². The van der Waals surface area contributed by atoms with Crippen molar-refractivity contribution >= 4 is 5.91 Å². The van der Waals surface area contributed by atoms with Crippen LogP contribution in [0.2, 0.25) is 0 Å². The van der Waals surface area contributed by atoms with Crippen molar-refractivity contribution in [2.45, 2.75) is 39.2 Å². The van der Waals surface area contributed by atoms with Gasteiger partial charge in [-0.05, 0) is 49.8 Å². The van der Waals surface area contributed by atoms with Gasteiger partial charge in [0, 0.05) is 19.2 Å². The second-order valence-corrected chi connectivity index (χ2v) is 6.00. The summed E-state index contributed by atoms with van der Waals surface area (Å²) < 4.78 is 5.31. The number of ether oxygens (including phenoxy) is 1. The van der Waals surface area contributed by atoms with Crippen LogP contribution in [0.3, 0.4) is 0 Å². The molecule has 0 aliphatic carbocycles. The van der Waals surface area contributed by atoms with E-state index in [0.717, 1.165) is 29.7 Å². The fourth-order valence-electron chi connectivity index (χ4n) is 2.93. The molecule has 1 fully saturated rings. The van der Waals surface area contributed by atoms with Crippen molar-refractivity contribution in [1.29, 1.82) is 0 Å². The predicted octanol–water partition coefficient (Wildman–Crippen LogP) is 2.17. The van der Waals surface area contributed by atoms with Gasteiger partial charge >= 0.3 is 0 Å². The number of rotatable bonds is 4. The van der Waals surface area contributed by atoms with Crippen molar-refractivity contribution < 1.29 is 14.6 Å². The maximum atomic E-state index is 12.5. The molecule has 2 rings (SSSR count). The molecule has 2 unspecified atom stereocenters. The molecule has 0 aromatic heterocycles. The van der Waals surface area contributed by atoms with Crippen molar-refractivity contribution in [3.05, 3.63) is 29.3 Å². The summed E-state index contributed by atoms with van der Waals surface area (Å²) >= 11 is 0. The average Bonchev–Trinajstić information content (AvgIpc) is 2.49. The SMILES string of the molecule is COc1cc(CC(=O)N2CC(CO)CCC2C)ccc1C. The Morgan fingerprint density at radius 2 is 2.19 bits per heavy atom. The lowest BCUT2D eigenvalue weighted by Gasteiger charge is -2.37. The zero-order valence-electron chi connectivity index (χ0n) is 13.1. The van der Waals surface area contributed by atoms with Crippen molar-refractivity contribution in [1.82, 2.24) is 4.90 Å². The minimum atomic E-state index is 0.131. The van der Waals surface area contributed by atoms with Gasteiger partial charge in [-0.25, -0.2) is 0 Å². The number of aliphatic hydroxyl groups is 1. The van der Waals surface area contributed by atoms with Crippen molar-refractivity contribution in [3.63, 3.8) is 0 Å². The summed E-state index contributed by atoms with van der Waals surface area (Å²) in [5.74, 6) is 1.17. The Morgan fingerprint density at radius 3 is 2.86 bits per heavy atom. The van der Waals surface area contributed by atoms with Crippen molar-refractivity contribution in [3.8, 4) is 5.75 Å². The third kappa shape index (κ3) is 3.76. The number of aryl methyl sites for hydroxylation is 1. The zero-order chi connectivity index (χ0) is 15.4. The average molecular weight is 291 g/mol. The van der Waals surface area contributed by atoms with E-state index in [4.69, 9.17) is 4.74 Å². The number of carbonyl (C=O) groups excluding carboxylic acids is 1. The van der Waals surface area contributed by atoms with E-state index in [2.05, 4.69) is 6.92 Å². The first kappa shape index (κ1) is 15.8. The maximum absolute atomic E-state index is 12.5. The van der Waals surface area contributed by atoms with E-state index < -0.39 is 0 Å². The number of methoxy groups -OCH3 is 1. The van der Waals surface area contributed by atoms with Gasteiger partial charge in [0.15, 0.2) is 0 Å². The van der Waals surface area contributed by atoms with Gasteiger partial charge in [-0.3, -0.25) is 4.79 Å². The standard InChI is InChI=1S/C17H25NO3/c1-12-4-6-14(8-16(12)21-3)9-17(20)18-10-15(11-19)7-5-13(18)2/h4,6,8,13,15,19H,5,7,9-11H2,1-3H3. The highest BCUT2D eigenvalue weighted by molar-refractivity contribution is 5.79. The Morgan fingerprint density at radius 1 is 1.43 bits per heavy atom. The Bertz CT molecular complexity index is 501. The predicted molar refractivity (Wildman–Crippen MR) is 82.4 cm³/mol. The second-order valence-electron chi connectivity index (χ2n) is 6.00. The molecule has 0 spiro atoms. The van der Waals surface area contributed by atoms with Gasteiger partial charge in [0.2, 0.25) is 5.91 Å². The molecule has 1 aliphatic heterocycles. The number of piperidine rings is 1. The quantitative estimate of drug-likeness (QED) is 0.925. The zero-order valence-corrected chi connectivity index (χ0v) is 13.1. The molecule has 4 nitrogen and oxygen atoms in total. The number of likely N-dealkylation sites (tertiary alicyclic amines) is 1. The normalized spacial score (nSPS) is 22.2. The van der Waals surface area contributed by atoms with Crippen molar-refractivity contribution in [2.75, 3.05) is 20.3 Å². The highest BCUT2D eigenvalue weighted by atomic mass is 16.5. The summed E-state index contributed by atoms with van der Waals surface area (Å²) in [4.78, 5) is 14.4. The minimum Gasteiger partial charge on any atom is -0.496 e. The van der Waals surface area contributed by atoms with E-state index in [1.54, 1.807) is 7.11 Å². The number of nitrogens with zero attached hydrogens (tertiary/aromatic N) is 1. The van der Waals surface area contributed by atoms with Gasteiger partial charge in [0.05, 0.1) is 13.5 Å². The van der Waals surface area contributed by atoms with Crippen LogP contribution in [-0.4, -0.2) is 42.2 Å². The van der Waals surface area contributed by atoms with Crippen LogP contribution in [0.1, 0.15) is 30.9 Å². The lowest BCUT2D eigenvalue weighted by molar-refractivity contribution is -0.135. The molecule has 2 atom stereocenters. The minimum absolute atomic E-state index is 0.131. The van der Waals surface area contributed by atoms with Crippen LogP contribution in [-0.2, 0) is 11.2 Å². The molecule has 1 aromatic rings. The molecular weight excluding hydrogens is 266 g/mol. The Kier molecular flexibility index (Phi) is 5.23. The summed E-state index contributed by atoms with van der Waals surface area (Å²) in [6, 6.07) is 6.16. The first-order valence-corrected chi connectivity index (χ1v) is 7.59. The van der Waals surface area contributed by atoms with Gasteiger partial charge in [-0.1, -0.05) is 12.1 Å². The highest BCUT2D eigenvalue weighted by Crippen LogP contribution is 2.24. The first-order chi connectivity index (χ1) is 10.0. The molecule has 21 heavy (non-hydrogen) atoms. The molecule has 116 valence electrons. The fourth-order valence-corrected chi connectivity index (χ4v) is 2.93. The number of hydrogen-bond acceptors (Lipinski definition) is 3. The maximum Gasteiger partial charge on any atom is 0.227 e. The largest absolute Gasteiger partial charge is 0.496 e. The molecule has 4 heteroatoms. The second kappa shape index (κ2) is 6.94. The van der Waals surface area contributed by atoms with E-state index in [1.807, 2.05) is 30.0 Å². The summed E-state index contributed by atoms with van der Waals surface area (Å²) in [6.07, 6.45) is 2.35. The summed E-state index contributed by atoms with van der Waals surface area (Å²) in [6.45, 7) is 4.90. The van der Waals surface area contributed by atoms with E-state index in [0.29, 0.717) is 13.0 Å². The molecule has 0 saturated carbocycles. The van der Waals surface area contributed by atoms with Crippen LogP contribution in [0.4, 0.5) is 0 Å². The fraction of sp³-hybridized carbons (Fsp3) is 0.588. The topological polar surface area (TPSA) is 49.8 Å². The molecule has 1 aliphatic rings. The third-order valence-electron chi connectivity index (χ3n) is 4.39. The number of benzene rings is 1. The summed E-state index contributed by atoms with van der Waals surface area (Å²) in [5.41, 5.74) is 2.04. The van der Waals surface area contributed by atoms with Gasteiger partial charge in [0.25, 0.3) is 0 Å². The molecule has 0 radical (unpaired) electrons. The summed E-state index contributed by atoms with van der Waals surface area (Å²) in [5, 5.41) is 9.31. The van der Waals surface area contributed by atoms with Crippen LogP contribution >= 0.6 is 0 Å². The van der Waals surface area contributed by atoms with Gasteiger partial charge < -0.3 is 14.7 Å². The van der Waals surface area contributed by atoms with Crippen molar-refractivity contribution in [2.24, 2.45) is 5.92 Å². The number of carbonyl (C=O) groups is 1. The molecule has 1 amide bonds. The van der Waals surface area contributed by atoms with Crippen LogP contribution in [0.5, 0.6) is 5.75 Å². The van der Waals surface area contributed by atoms with E-state index in [1.165, 1.54) is 0 Å². The lowest BCUT2D eigenvalue weighted by Crippen LogP contribution is -2.46. The third-order valence-corrected chi connectivity index (χ3v) is 4.39. The Hall–Kier alpha value is -1.55. The lowest BCUT2D eigenvalue weighted by atomic mass is 9.93.